The minimum absolute atomic E-state index is 0.0601. The van der Waals surface area contributed by atoms with Crippen LogP contribution >= 0.6 is 0 Å². The monoisotopic (exact) mass is 363 g/mol. The summed E-state index contributed by atoms with van der Waals surface area (Å²) in [5.74, 6) is -0.934. The fourth-order valence-electron chi connectivity index (χ4n) is 3.16. The number of primary amides is 1. The molecule has 0 aliphatic carbocycles. The molecule has 0 saturated carbocycles. The molecule has 6 nitrogen and oxygen atoms in total. The van der Waals surface area contributed by atoms with Crippen LogP contribution in [0.3, 0.4) is 0 Å². The molecule has 0 spiro atoms. The number of aromatic nitrogens is 1. The van der Waals surface area contributed by atoms with Gasteiger partial charge in [0.05, 0.1) is 18.7 Å². The Balaban J connectivity index is 2.00. The molecule has 138 valence electrons. The first-order valence-corrected chi connectivity index (χ1v) is 8.63. The van der Waals surface area contributed by atoms with E-state index in [9.17, 15) is 14.7 Å². The minimum Gasteiger partial charge on any atom is -0.392 e. The number of fused-ring (bicyclic) bond motifs is 1. The molecule has 0 saturated heterocycles. The van der Waals surface area contributed by atoms with Gasteiger partial charge in [-0.15, -0.1) is 0 Å². The zero-order valence-corrected chi connectivity index (χ0v) is 15.0. The molecular weight excluding hydrogens is 342 g/mol. The average molecular weight is 363 g/mol. The zero-order valence-electron chi connectivity index (χ0n) is 15.0. The summed E-state index contributed by atoms with van der Waals surface area (Å²) in [5.41, 5.74) is 9.84. The van der Waals surface area contributed by atoms with Crippen LogP contribution in [0.4, 0.5) is 0 Å². The van der Waals surface area contributed by atoms with Gasteiger partial charge in [-0.3, -0.25) is 14.6 Å². The van der Waals surface area contributed by atoms with Crippen molar-refractivity contribution in [3.63, 3.8) is 0 Å². The molecule has 0 bridgehead atoms. The lowest BCUT2D eigenvalue weighted by atomic mass is 9.96. The van der Waals surface area contributed by atoms with Crippen molar-refractivity contribution in [2.24, 2.45) is 5.73 Å². The highest BCUT2D eigenvalue weighted by molar-refractivity contribution is 5.97. The number of rotatable bonds is 6. The lowest BCUT2D eigenvalue weighted by Crippen LogP contribution is -2.33. The predicted octanol–water partition coefficient (Wildman–Crippen LogP) is 1.84. The molecule has 0 fully saturated rings. The summed E-state index contributed by atoms with van der Waals surface area (Å²) in [6.07, 6.45) is 0.499. The number of hydrogen-bond acceptors (Lipinski definition) is 4. The molecule has 1 aromatic heterocycles. The Labute approximate surface area is 157 Å². The van der Waals surface area contributed by atoms with Crippen molar-refractivity contribution in [2.45, 2.75) is 20.0 Å². The first kappa shape index (κ1) is 18.5. The number of carbonyl (C=O) groups is 2. The molecule has 27 heavy (non-hydrogen) atoms. The Kier molecular flexibility index (Phi) is 5.47. The van der Waals surface area contributed by atoms with Crippen LogP contribution in [0.25, 0.3) is 10.9 Å². The number of hydrogen-bond donors (Lipinski definition) is 3. The maximum atomic E-state index is 12.4. The molecule has 4 N–H and O–H groups in total. The molecule has 0 atom stereocenters. The molecule has 0 radical (unpaired) electrons. The molecule has 0 aliphatic rings. The summed E-state index contributed by atoms with van der Waals surface area (Å²) in [7, 11) is 0. The van der Waals surface area contributed by atoms with Crippen molar-refractivity contribution in [1.82, 2.24) is 10.3 Å². The van der Waals surface area contributed by atoms with Crippen molar-refractivity contribution in [3.8, 4) is 0 Å². The molecule has 6 heteroatoms. The number of aryl methyl sites for hydroxylation is 1. The Hall–Kier alpha value is -3.25. The van der Waals surface area contributed by atoms with E-state index < -0.39 is 5.91 Å². The molecular formula is C21H21N3O3. The third-order valence-electron chi connectivity index (χ3n) is 4.37. The topological polar surface area (TPSA) is 105 Å². The smallest absolute Gasteiger partial charge is 0.252 e. The number of nitrogens with two attached hydrogens (primary N) is 1. The van der Waals surface area contributed by atoms with E-state index in [2.05, 4.69) is 10.3 Å². The van der Waals surface area contributed by atoms with Crippen molar-refractivity contribution in [1.29, 1.82) is 0 Å². The molecule has 3 aromatic rings. The van der Waals surface area contributed by atoms with E-state index in [0.29, 0.717) is 12.0 Å². The van der Waals surface area contributed by atoms with E-state index in [1.165, 1.54) is 0 Å². The average Bonchev–Trinajstić information content (AvgIpc) is 2.66. The molecule has 0 unspecified atom stereocenters. The van der Waals surface area contributed by atoms with Gasteiger partial charge in [-0.25, -0.2) is 0 Å². The minimum atomic E-state index is -0.592. The number of aliphatic hydroxyl groups is 1. The van der Waals surface area contributed by atoms with E-state index in [-0.39, 0.29) is 19.1 Å². The fraction of sp³-hybridized carbons (Fsp3) is 0.190. The van der Waals surface area contributed by atoms with E-state index in [1.54, 1.807) is 12.1 Å². The van der Waals surface area contributed by atoms with Crippen molar-refractivity contribution in [3.05, 3.63) is 76.5 Å². The first-order valence-electron chi connectivity index (χ1n) is 8.63. The van der Waals surface area contributed by atoms with Gasteiger partial charge in [-0.2, -0.15) is 0 Å². The molecule has 2 aromatic carbocycles. The van der Waals surface area contributed by atoms with Gasteiger partial charge >= 0.3 is 0 Å². The number of nitrogens with one attached hydrogen (secondary N) is 1. The second-order valence-corrected chi connectivity index (χ2v) is 6.38. The van der Waals surface area contributed by atoms with Gasteiger partial charge in [0.15, 0.2) is 0 Å². The van der Waals surface area contributed by atoms with Crippen LogP contribution in [-0.4, -0.2) is 28.4 Å². The number of carbonyl (C=O) groups excluding carboxylic acids is 2. The van der Waals surface area contributed by atoms with E-state index in [1.807, 2.05) is 43.3 Å². The van der Waals surface area contributed by atoms with Gasteiger partial charge < -0.3 is 16.2 Å². The lowest BCUT2D eigenvalue weighted by Gasteiger charge is -2.13. The highest BCUT2D eigenvalue weighted by Gasteiger charge is 2.14. The Morgan fingerprint density at radius 2 is 1.81 bits per heavy atom. The first-order chi connectivity index (χ1) is 13.0. The van der Waals surface area contributed by atoms with Crippen molar-refractivity contribution in [2.75, 3.05) is 6.54 Å². The van der Waals surface area contributed by atoms with Crippen LogP contribution < -0.4 is 11.1 Å². The highest BCUT2D eigenvalue weighted by Crippen LogP contribution is 2.25. The Morgan fingerprint density at radius 1 is 1.07 bits per heavy atom. The maximum absolute atomic E-state index is 12.4. The quantitative estimate of drug-likeness (QED) is 0.621. The third kappa shape index (κ3) is 4.12. The number of pyridine rings is 1. The van der Waals surface area contributed by atoms with Gasteiger partial charge in [-0.05, 0) is 35.7 Å². The molecule has 2 amide bonds. The summed E-state index contributed by atoms with van der Waals surface area (Å²) in [4.78, 5) is 28.0. The van der Waals surface area contributed by atoms with Crippen LogP contribution in [0, 0.1) is 6.92 Å². The zero-order chi connectivity index (χ0) is 19.4. The number of amides is 2. The fourth-order valence-corrected chi connectivity index (χ4v) is 3.16. The second kappa shape index (κ2) is 7.97. The number of benzene rings is 2. The Morgan fingerprint density at radius 3 is 2.56 bits per heavy atom. The van der Waals surface area contributed by atoms with Crippen LogP contribution in [0.2, 0.25) is 0 Å². The number of nitrogens with zero attached hydrogens (tertiary/aromatic N) is 1. The molecule has 1 heterocycles. The lowest BCUT2D eigenvalue weighted by molar-refractivity contribution is -0.117. The van der Waals surface area contributed by atoms with Gasteiger partial charge in [-0.1, -0.05) is 36.4 Å². The number of aliphatic hydroxyl groups excluding tert-OH is 1. The Bertz CT molecular complexity index is 1010. The predicted molar refractivity (Wildman–Crippen MR) is 103 cm³/mol. The van der Waals surface area contributed by atoms with E-state index in [4.69, 9.17) is 5.73 Å². The van der Waals surface area contributed by atoms with Gasteiger partial charge in [0.2, 0.25) is 5.91 Å². The summed E-state index contributed by atoms with van der Waals surface area (Å²) in [6.45, 7) is 1.62. The maximum Gasteiger partial charge on any atom is 0.252 e. The van der Waals surface area contributed by atoms with Gasteiger partial charge in [0.1, 0.15) is 0 Å². The molecule has 3 rings (SSSR count). The normalized spacial score (nSPS) is 10.7. The SMILES string of the molecule is Cc1cc(CO)c2cccc(Cc3ccccc3C(=O)NCC(N)=O)c2n1. The van der Waals surface area contributed by atoms with E-state index in [0.717, 1.165) is 33.3 Å². The number of para-hydroxylation sites is 1. The summed E-state index contributed by atoms with van der Waals surface area (Å²) in [5, 5.41) is 13.1. The van der Waals surface area contributed by atoms with Crippen LogP contribution in [-0.2, 0) is 17.8 Å². The van der Waals surface area contributed by atoms with Crippen molar-refractivity contribution >= 4 is 22.7 Å². The van der Waals surface area contributed by atoms with Crippen LogP contribution in [0.15, 0.2) is 48.5 Å². The van der Waals surface area contributed by atoms with Crippen LogP contribution in [0.1, 0.15) is 32.7 Å². The third-order valence-corrected chi connectivity index (χ3v) is 4.37. The second-order valence-electron chi connectivity index (χ2n) is 6.38. The van der Waals surface area contributed by atoms with E-state index >= 15 is 0 Å². The van der Waals surface area contributed by atoms with Crippen molar-refractivity contribution < 1.29 is 14.7 Å². The largest absolute Gasteiger partial charge is 0.392 e. The standard InChI is InChI=1S/C21H21N3O3/c1-13-9-16(12-25)17-8-4-6-15(20(17)24-13)10-14-5-2-3-7-18(14)21(27)23-11-19(22)26/h2-9,25H,10-12H2,1H3,(H2,22,26)(H,23,27). The van der Waals surface area contributed by atoms with Crippen LogP contribution in [0.5, 0.6) is 0 Å². The summed E-state index contributed by atoms with van der Waals surface area (Å²) >= 11 is 0. The highest BCUT2D eigenvalue weighted by atomic mass is 16.3. The van der Waals surface area contributed by atoms with Gasteiger partial charge in [0.25, 0.3) is 5.91 Å². The summed E-state index contributed by atoms with van der Waals surface area (Å²) in [6, 6.07) is 14.9. The van der Waals surface area contributed by atoms with Gasteiger partial charge in [0, 0.05) is 23.1 Å². The summed E-state index contributed by atoms with van der Waals surface area (Å²) < 4.78 is 0. The molecule has 0 aliphatic heterocycles.